The van der Waals surface area contributed by atoms with Crippen LogP contribution >= 0.6 is 0 Å². The number of anilines is 2. The second kappa shape index (κ2) is 9.00. The van der Waals surface area contributed by atoms with Gasteiger partial charge >= 0.3 is 6.03 Å². The van der Waals surface area contributed by atoms with Crippen molar-refractivity contribution in [1.82, 2.24) is 15.3 Å². The van der Waals surface area contributed by atoms with Crippen LogP contribution in [0.2, 0.25) is 0 Å². The van der Waals surface area contributed by atoms with E-state index < -0.39 is 0 Å². The molecule has 2 N–H and O–H groups in total. The van der Waals surface area contributed by atoms with Gasteiger partial charge in [0.15, 0.2) is 0 Å². The summed E-state index contributed by atoms with van der Waals surface area (Å²) in [5.74, 6) is 1.44. The van der Waals surface area contributed by atoms with Gasteiger partial charge in [0.1, 0.15) is 5.75 Å². The Kier molecular flexibility index (Phi) is 6.21. The summed E-state index contributed by atoms with van der Waals surface area (Å²) in [7, 11) is 0. The van der Waals surface area contributed by atoms with Crippen molar-refractivity contribution in [1.29, 1.82) is 0 Å². The zero-order valence-electron chi connectivity index (χ0n) is 14.8. The number of ether oxygens (including phenoxy) is 2. The lowest BCUT2D eigenvalue weighted by Crippen LogP contribution is -2.37. The van der Waals surface area contributed by atoms with Gasteiger partial charge in [-0.25, -0.2) is 14.8 Å². The van der Waals surface area contributed by atoms with Gasteiger partial charge in [-0.1, -0.05) is 0 Å². The highest BCUT2D eigenvalue weighted by Crippen LogP contribution is 2.15. The summed E-state index contributed by atoms with van der Waals surface area (Å²) in [6.07, 6.45) is 1.71. The van der Waals surface area contributed by atoms with Crippen LogP contribution in [0.4, 0.5) is 16.4 Å². The maximum Gasteiger partial charge on any atom is 0.319 e. The van der Waals surface area contributed by atoms with Crippen LogP contribution in [0.15, 0.2) is 36.5 Å². The van der Waals surface area contributed by atoms with Crippen molar-refractivity contribution in [3.8, 4) is 5.75 Å². The van der Waals surface area contributed by atoms with Gasteiger partial charge in [0.25, 0.3) is 0 Å². The summed E-state index contributed by atoms with van der Waals surface area (Å²) < 4.78 is 10.7. The van der Waals surface area contributed by atoms with Crippen molar-refractivity contribution in [2.45, 2.75) is 13.5 Å². The number of nitrogens with zero attached hydrogens (tertiary/aromatic N) is 3. The van der Waals surface area contributed by atoms with E-state index in [2.05, 4.69) is 25.5 Å². The molecule has 1 aromatic carbocycles. The lowest BCUT2D eigenvalue weighted by molar-refractivity contribution is 0.122. The Balaban J connectivity index is 1.51. The van der Waals surface area contributed by atoms with E-state index >= 15 is 0 Å². The number of urea groups is 1. The molecule has 2 aromatic rings. The third-order valence-electron chi connectivity index (χ3n) is 3.85. The molecule has 0 saturated carbocycles. The Morgan fingerprint density at radius 3 is 2.73 bits per heavy atom. The number of carbonyl (C=O) groups is 1. The van der Waals surface area contributed by atoms with Crippen molar-refractivity contribution in [2.75, 3.05) is 43.1 Å². The summed E-state index contributed by atoms with van der Waals surface area (Å²) in [5, 5.41) is 5.59. The Bertz CT molecular complexity index is 717. The minimum atomic E-state index is -0.291. The van der Waals surface area contributed by atoms with Crippen molar-refractivity contribution in [3.05, 3.63) is 42.2 Å². The Hall–Kier alpha value is -2.87. The number of hydrogen-bond donors (Lipinski definition) is 2. The van der Waals surface area contributed by atoms with Gasteiger partial charge < -0.3 is 25.0 Å². The average molecular weight is 357 g/mol. The fourth-order valence-corrected chi connectivity index (χ4v) is 2.55. The van der Waals surface area contributed by atoms with Crippen LogP contribution in [0, 0.1) is 0 Å². The zero-order chi connectivity index (χ0) is 18.2. The van der Waals surface area contributed by atoms with Crippen LogP contribution in [0.5, 0.6) is 5.75 Å². The van der Waals surface area contributed by atoms with Gasteiger partial charge in [0.2, 0.25) is 5.95 Å². The maximum atomic E-state index is 12.1. The molecule has 0 aliphatic carbocycles. The first-order valence-corrected chi connectivity index (χ1v) is 8.67. The van der Waals surface area contributed by atoms with Crippen LogP contribution in [0.1, 0.15) is 12.6 Å². The molecule has 1 fully saturated rings. The van der Waals surface area contributed by atoms with Crippen LogP contribution < -0.4 is 20.3 Å². The van der Waals surface area contributed by atoms with Gasteiger partial charge in [0, 0.05) is 25.0 Å². The second-order valence-electron chi connectivity index (χ2n) is 5.71. The minimum Gasteiger partial charge on any atom is -0.494 e. The van der Waals surface area contributed by atoms with Crippen molar-refractivity contribution in [2.24, 2.45) is 0 Å². The zero-order valence-corrected chi connectivity index (χ0v) is 14.8. The summed E-state index contributed by atoms with van der Waals surface area (Å²) in [4.78, 5) is 22.9. The van der Waals surface area contributed by atoms with Crippen LogP contribution in [0.25, 0.3) is 0 Å². The van der Waals surface area contributed by atoms with E-state index in [-0.39, 0.29) is 6.03 Å². The molecule has 1 saturated heterocycles. The van der Waals surface area contributed by atoms with E-state index in [9.17, 15) is 4.79 Å². The van der Waals surface area contributed by atoms with E-state index in [0.29, 0.717) is 38.0 Å². The molecular weight excluding hydrogens is 334 g/mol. The standard InChI is InChI=1S/C18H23N5O3/c1-2-26-16-5-3-14(4-6-16)22-18(24)20-13-15-7-8-19-17(21-15)23-9-11-25-12-10-23/h3-8H,2,9-13H2,1H3,(H2,20,22,24). The number of hydrogen-bond acceptors (Lipinski definition) is 6. The summed E-state index contributed by atoms with van der Waals surface area (Å²) in [6.45, 7) is 5.76. The number of morpholine rings is 1. The number of amides is 2. The fourth-order valence-electron chi connectivity index (χ4n) is 2.55. The molecule has 2 heterocycles. The lowest BCUT2D eigenvalue weighted by atomic mass is 10.3. The monoisotopic (exact) mass is 357 g/mol. The highest BCUT2D eigenvalue weighted by molar-refractivity contribution is 5.89. The minimum absolute atomic E-state index is 0.291. The second-order valence-corrected chi connectivity index (χ2v) is 5.71. The predicted octanol–water partition coefficient (Wildman–Crippen LogP) is 2.03. The summed E-state index contributed by atoms with van der Waals surface area (Å²) in [5.41, 5.74) is 1.45. The summed E-state index contributed by atoms with van der Waals surface area (Å²) in [6, 6.07) is 8.73. The van der Waals surface area contributed by atoms with E-state index in [0.717, 1.165) is 24.5 Å². The molecule has 1 aliphatic heterocycles. The number of carbonyl (C=O) groups excluding carboxylic acids is 1. The Morgan fingerprint density at radius 2 is 2.00 bits per heavy atom. The third kappa shape index (κ3) is 5.06. The van der Waals surface area contributed by atoms with Gasteiger partial charge in [-0.3, -0.25) is 0 Å². The first-order valence-electron chi connectivity index (χ1n) is 8.67. The smallest absolute Gasteiger partial charge is 0.319 e. The van der Waals surface area contributed by atoms with Crippen LogP contribution in [-0.4, -0.2) is 48.9 Å². The van der Waals surface area contributed by atoms with E-state index in [1.165, 1.54) is 0 Å². The number of nitrogens with one attached hydrogen (secondary N) is 2. The Labute approximate surface area is 152 Å². The largest absolute Gasteiger partial charge is 0.494 e. The molecule has 1 aromatic heterocycles. The molecule has 0 unspecified atom stereocenters. The Morgan fingerprint density at radius 1 is 1.23 bits per heavy atom. The SMILES string of the molecule is CCOc1ccc(NC(=O)NCc2ccnc(N3CCOCC3)n2)cc1. The predicted molar refractivity (Wildman–Crippen MR) is 98.5 cm³/mol. The number of aromatic nitrogens is 2. The van der Waals surface area contributed by atoms with E-state index in [1.54, 1.807) is 24.4 Å². The number of benzene rings is 1. The van der Waals surface area contributed by atoms with Crippen LogP contribution in [-0.2, 0) is 11.3 Å². The topological polar surface area (TPSA) is 88.6 Å². The molecule has 0 bridgehead atoms. The molecular formula is C18H23N5O3. The quantitative estimate of drug-likeness (QED) is 0.822. The molecule has 8 nitrogen and oxygen atoms in total. The van der Waals surface area contributed by atoms with Gasteiger partial charge in [-0.15, -0.1) is 0 Å². The maximum absolute atomic E-state index is 12.1. The first kappa shape index (κ1) is 17.9. The molecule has 0 atom stereocenters. The molecule has 8 heteroatoms. The lowest BCUT2D eigenvalue weighted by Gasteiger charge is -2.26. The molecule has 0 spiro atoms. The van der Waals surface area contributed by atoms with Gasteiger partial charge in [0.05, 0.1) is 32.1 Å². The molecule has 138 valence electrons. The van der Waals surface area contributed by atoms with E-state index in [1.807, 2.05) is 19.1 Å². The summed E-state index contributed by atoms with van der Waals surface area (Å²) >= 11 is 0. The normalized spacial score (nSPS) is 14.0. The fraction of sp³-hybridized carbons (Fsp3) is 0.389. The molecule has 0 radical (unpaired) electrons. The average Bonchev–Trinajstić information content (AvgIpc) is 2.69. The van der Waals surface area contributed by atoms with Crippen molar-refractivity contribution < 1.29 is 14.3 Å². The highest BCUT2D eigenvalue weighted by Gasteiger charge is 2.14. The third-order valence-corrected chi connectivity index (χ3v) is 3.85. The number of rotatable bonds is 6. The first-order chi connectivity index (χ1) is 12.7. The highest BCUT2D eigenvalue weighted by atomic mass is 16.5. The molecule has 1 aliphatic rings. The molecule has 26 heavy (non-hydrogen) atoms. The van der Waals surface area contributed by atoms with Crippen molar-refractivity contribution in [3.63, 3.8) is 0 Å². The van der Waals surface area contributed by atoms with E-state index in [4.69, 9.17) is 9.47 Å². The molecule has 3 rings (SSSR count). The van der Waals surface area contributed by atoms with Crippen LogP contribution in [0.3, 0.4) is 0 Å². The van der Waals surface area contributed by atoms with Gasteiger partial charge in [-0.05, 0) is 37.3 Å². The van der Waals surface area contributed by atoms with Gasteiger partial charge in [-0.2, -0.15) is 0 Å². The van der Waals surface area contributed by atoms with Crippen molar-refractivity contribution >= 4 is 17.7 Å². The molecule has 2 amide bonds.